The second-order valence-electron chi connectivity index (χ2n) is 3.72. The van der Waals surface area contributed by atoms with Gasteiger partial charge < -0.3 is 4.74 Å². The maximum absolute atomic E-state index is 12.0. The number of carbonyl (C=O) groups excluding carboxylic acids is 1. The van der Waals surface area contributed by atoms with Gasteiger partial charge in [0, 0.05) is 12.3 Å². The van der Waals surface area contributed by atoms with Crippen LogP contribution in [0.1, 0.15) is 15.9 Å². The lowest BCUT2D eigenvalue weighted by Gasteiger charge is -2.00. The van der Waals surface area contributed by atoms with Gasteiger partial charge in [0.05, 0.1) is 18.8 Å². The fraction of sp³-hybridized carbons (Fsp3) is 0.167. The molecule has 0 radical (unpaired) electrons. The molecule has 0 unspecified atom stereocenters. The standard InChI is InChI=1S/C12H9F3N2O2/c1-19-11(18)9-6-16-17-7-8(2-3-10(9)17)4-5-12(13,14)15/h2-7H,1H3. The number of esters is 1. The summed E-state index contributed by atoms with van der Waals surface area (Å²) in [5.41, 5.74) is 1.05. The number of nitrogens with zero attached hydrogens (tertiary/aromatic N) is 2. The van der Waals surface area contributed by atoms with Crippen molar-refractivity contribution in [2.75, 3.05) is 7.11 Å². The van der Waals surface area contributed by atoms with Crippen LogP contribution in [0.3, 0.4) is 0 Å². The Kier molecular flexibility index (Phi) is 3.28. The van der Waals surface area contributed by atoms with Gasteiger partial charge in [-0.15, -0.1) is 0 Å². The molecule has 0 aliphatic carbocycles. The minimum Gasteiger partial charge on any atom is -0.465 e. The van der Waals surface area contributed by atoms with E-state index in [0.29, 0.717) is 11.1 Å². The van der Waals surface area contributed by atoms with E-state index in [-0.39, 0.29) is 11.6 Å². The van der Waals surface area contributed by atoms with E-state index in [0.717, 1.165) is 6.08 Å². The topological polar surface area (TPSA) is 43.6 Å². The van der Waals surface area contributed by atoms with Gasteiger partial charge in [-0.1, -0.05) is 6.07 Å². The average Bonchev–Trinajstić information content (AvgIpc) is 2.77. The number of fused-ring (bicyclic) bond motifs is 1. The molecule has 2 aromatic heterocycles. The molecule has 0 saturated carbocycles. The van der Waals surface area contributed by atoms with Crippen LogP contribution in [0.15, 0.2) is 30.6 Å². The molecular weight excluding hydrogens is 261 g/mol. The largest absolute Gasteiger partial charge is 0.465 e. The summed E-state index contributed by atoms with van der Waals surface area (Å²) in [6.45, 7) is 0. The molecule has 2 aromatic rings. The second-order valence-corrected chi connectivity index (χ2v) is 3.72. The second kappa shape index (κ2) is 4.75. The van der Waals surface area contributed by atoms with Gasteiger partial charge in [-0.3, -0.25) is 0 Å². The van der Waals surface area contributed by atoms with Gasteiger partial charge in [-0.05, 0) is 17.7 Å². The maximum Gasteiger partial charge on any atom is 0.409 e. The van der Waals surface area contributed by atoms with Crippen molar-refractivity contribution in [3.63, 3.8) is 0 Å². The first-order valence-electron chi connectivity index (χ1n) is 5.22. The number of hydrogen-bond acceptors (Lipinski definition) is 3. The van der Waals surface area contributed by atoms with Gasteiger partial charge in [0.2, 0.25) is 0 Å². The van der Waals surface area contributed by atoms with Gasteiger partial charge in [0.25, 0.3) is 0 Å². The number of pyridine rings is 1. The van der Waals surface area contributed by atoms with Gasteiger partial charge in [0.1, 0.15) is 5.56 Å². The summed E-state index contributed by atoms with van der Waals surface area (Å²) in [5.74, 6) is -0.548. The fourth-order valence-electron chi connectivity index (χ4n) is 1.56. The Morgan fingerprint density at radius 3 is 2.79 bits per heavy atom. The third-order valence-electron chi connectivity index (χ3n) is 2.41. The van der Waals surface area contributed by atoms with Crippen LogP contribution >= 0.6 is 0 Å². The summed E-state index contributed by atoms with van der Waals surface area (Å²) >= 11 is 0. The highest BCUT2D eigenvalue weighted by atomic mass is 19.4. The zero-order chi connectivity index (χ0) is 14.0. The van der Waals surface area contributed by atoms with Crippen molar-refractivity contribution in [3.05, 3.63) is 41.7 Å². The lowest BCUT2D eigenvalue weighted by atomic mass is 10.2. The molecule has 4 nitrogen and oxygen atoms in total. The summed E-state index contributed by atoms with van der Waals surface area (Å²) in [4.78, 5) is 11.4. The molecule has 100 valence electrons. The molecular formula is C12H9F3N2O2. The zero-order valence-electron chi connectivity index (χ0n) is 9.81. The maximum atomic E-state index is 12.0. The first-order chi connectivity index (χ1) is 8.90. The first-order valence-corrected chi connectivity index (χ1v) is 5.22. The van der Waals surface area contributed by atoms with Crippen molar-refractivity contribution in [1.82, 2.24) is 9.61 Å². The summed E-state index contributed by atoms with van der Waals surface area (Å²) < 4.78 is 42.0. The van der Waals surface area contributed by atoms with E-state index in [2.05, 4.69) is 9.84 Å². The molecule has 19 heavy (non-hydrogen) atoms. The summed E-state index contributed by atoms with van der Waals surface area (Å²) in [6.07, 6.45) is -0.601. The van der Waals surface area contributed by atoms with E-state index in [1.165, 1.54) is 36.2 Å². The van der Waals surface area contributed by atoms with E-state index >= 15 is 0 Å². The fourth-order valence-corrected chi connectivity index (χ4v) is 1.56. The molecule has 0 spiro atoms. The lowest BCUT2D eigenvalue weighted by Crippen LogP contribution is -2.01. The van der Waals surface area contributed by atoms with Crippen LogP contribution in [0.2, 0.25) is 0 Å². The van der Waals surface area contributed by atoms with Crippen LogP contribution < -0.4 is 0 Å². The van der Waals surface area contributed by atoms with Gasteiger partial charge in [-0.25, -0.2) is 9.31 Å². The Morgan fingerprint density at radius 1 is 1.42 bits per heavy atom. The van der Waals surface area contributed by atoms with E-state index in [9.17, 15) is 18.0 Å². The van der Waals surface area contributed by atoms with Crippen molar-refractivity contribution in [2.24, 2.45) is 0 Å². The van der Waals surface area contributed by atoms with Crippen molar-refractivity contribution in [2.45, 2.75) is 6.18 Å². The summed E-state index contributed by atoms with van der Waals surface area (Å²) in [5, 5.41) is 3.89. The highest BCUT2D eigenvalue weighted by Gasteiger charge is 2.21. The smallest absolute Gasteiger partial charge is 0.409 e. The SMILES string of the molecule is COC(=O)c1cnn2cc(C=CC(F)(F)F)ccc12. The van der Waals surface area contributed by atoms with Crippen LogP contribution in [-0.2, 0) is 4.74 Å². The number of aromatic nitrogens is 2. The van der Waals surface area contributed by atoms with Crippen LogP contribution in [0.25, 0.3) is 11.6 Å². The predicted octanol–water partition coefficient (Wildman–Crippen LogP) is 2.70. The van der Waals surface area contributed by atoms with Crippen molar-refractivity contribution < 1.29 is 22.7 Å². The molecule has 0 fully saturated rings. The summed E-state index contributed by atoms with van der Waals surface area (Å²) in [7, 11) is 1.24. The van der Waals surface area contributed by atoms with Crippen molar-refractivity contribution in [1.29, 1.82) is 0 Å². The zero-order valence-corrected chi connectivity index (χ0v) is 9.81. The normalized spacial score (nSPS) is 12.2. The Labute approximate surface area is 106 Å². The van der Waals surface area contributed by atoms with Gasteiger partial charge in [0.15, 0.2) is 0 Å². The quantitative estimate of drug-likeness (QED) is 0.788. The van der Waals surface area contributed by atoms with Crippen LogP contribution in [0, 0.1) is 0 Å². The Morgan fingerprint density at radius 2 is 2.16 bits per heavy atom. The molecule has 0 saturated heterocycles. The number of allylic oxidation sites excluding steroid dienone is 1. The summed E-state index contributed by atoms with van der Waals surface area (Å²) in [6, 6.07) is 2.97. The third-order valence-corrected chi connectivity index (χ3v) is 2.41. The van der Waals surface area contributed by atoms with Crippen molar-refractivity contribution in [3.8, 4) is 0 Å². The minimum atomic E-state index is -4.36. The molecule has 2 rings (SSSR count). The first kappa shape index (κ1) is 13.1. The number of halogens is 3. The number of rotatable bonds is 2. The van der Waals surface area contributed by atoms with Crippen LogP contribution in [-0.4, -0.2) is 28.9 Å². The number of ether oxygens (including phenoxy) is 1. The van der Waals surface area contributed by atoms with E-state index in [4.69, 9.17) is 0 Å². The number of carbonyl (C=O) groups is 1. The minimum absolute atomic E-state index is 0.138. The Bertz CT molecular complexity index is 644. The molecule has 0 atom stereocenters. The molecule has 0 amide bonds. The van der Waals surface area contributed by atoms with Gasteiger partial charge >= 0.3 is 12.1 Å². The molecule has 0 N–H and O–H groups in total. The van der Waals surface area contributed by atoms with Crippen LogP contribution in [0.4, 0.5) is 13.2 Å². The Balaban J connectivity index is 2.38. The molecule has 2 heterocycles. The van der Waals surface area contributed by atoms with Gasteiger partial charge in [-0.2, -0.15) is 18.3 Å². The third kappa shape index (κ3) is 2.93. The van der Waals surface area contributed by atoms with E-state index in [1.54, 1.807) is 0 Å². The number of hydrogen-bond donors (Lipinski definition) is 0. The van der Waals surface area contributed by atoms with Crippen LogP contribution in [0.5, 0.6) is 0 Å². The number of alkyl halides is 3. The molecule has 7 heteroatoms. The lowest BCUT2D eigenvalue weighted by molar-refractivity contribution is -0.0790. The predicted molar refractivity (Wildman–Crippen MR) is 61.6 cm³/mol. The molecule has 0 aromatic carbocycles. The highest BCUT2D eigenvalue weighted by molar-refractivity contribution is 5.96. The molecule has 0 aliphatic heterocycles. The highest BCUT2D eigenvalue weighted by Crippen LogP contribution is 2.19. The van der Waals surface area contributed by atoms with E-state index in [1.807, 2.05) is 0 Å². The monoisotopic (exact) mass is 270 g/mol. The average molecular weight is 270 g/mol. The van der Waals surface area contributed by atoms with E-state index < -0.39 is 12.1 Å². The Hall–Kier alpha value is -2.31. The van der Waals surface area contributed by atoms with Crippen molar-refractivity contribution >= 4 is 17.6 Å². The molecule has 0 aliphatic rings. The molecule has 0 bridgehead atoms. The number of methoxy groups -OCH3 is 1.